The molecule has 2 aliphatic rings. The van der Waals surface area contributed by atoms with Crippen LogP contribution in [-0.4, -0.2) is 38.2 Å². The van der Waals surface area contributed by atoms with Gasteiger partial charge in [0.25, 0.3) is 0 Å². The van der Waals surface area contributed by atoms with Crippen molar-refractivity contribution in [2.24, 2.45) is 0 Å². The largest absolute Gasteiger partial charge is 0.340 e. The Morgan fingerprint density at radius 3 is 3.00 bits per heavy atom. The number of amides is 1. The second-order valence-electron chi connectivity index (χ2n) is 5.66. The first-order valence-electron chi connectivity index (χ1n) is 7.47. The molecule has 3 rings (SSSR count). The van der Waals surface area contributed by atoms with E-state index < -0.39 is 0 Å². The SMILES string of the molecule is CCC(=O)N1CCCC1CCc1nncn1C1CC1. The number of hydrogen-bond donors (Lipinski definition) is 0. The summed E-state index contributed by atoms with van der Waals surface area (Å²) in [5.41, 5.74) is 0. The van der Waals surface area contributed by atoms with Crippen LogP contribution >= 0.6 is 0 Å². The van der Waals surface area contributed by atoms with Crippen molar-refractivity contribution in [2.75, 3.05) is 6.54 Å². The minimum absolute atomic E-state index is 0.297. The van der Waals surface area contributed by atoms with E-state index in [4.69, 9.17) is 0 Å². The van der Waals surface area contributed by atoms with Gasteiger partial charge >= 0.3 is 0 Å². The first-order chi connectivity index (χ1) is 9.29. The summed E-state index contributed by atoms with van der Waals surface area (Å²) in [5, 5.41) is 8.27. The van der Waals surface area contributed by atoms with Crippen molar-refractivity contribution < 1.29 is 4.79 Å². The highest BCUT2D eigenvalue weighted by Crippen LogP contribution is 2.35. The Morgan fingerprint density at radius 2 is 2.26 bits per heavy atom. The molecule has 1 unspecified atom stereocenters. The zero-order chi connectivity index (χ0) is 13.2. The molecule has 1 atom stereocenters. The normalized spacial score (nSPS) is 23.0. The van der Waals surface area contributed by atoms with Gasteiger partial charge in [-0.3, -0.25) is 4.79 Å². The number of aryl methyl sites for hydroxylation is 1. The van der Waals surface area contributed by atoms with Gasteiger partial charge in [0.05, 0.1) is 0 Å². The highest BCUT2D eigenvalue weighted by atomic mass is 16.2. The topological polar surface area (TPSA) is 51.0 Å². The molecule has 1 aliphatic carbocycles. The molecule has 2 fully saturated rings. The van der Waals surface area contributed by atoms with Crippen molar-refractivity contribution in [2.45, 2.75) is 64.0 Å². The smallest absolute Gasteiger partial charge is 0.222 e. The first kappa shape index (κ1) is 12.6. The number of hydrogen-bond acceptors (Lipinski definition) is 3. The number of likely N-dealkylation sites (tertiary alicyclic amines) is 1. The van der Waals surface area contributed by atoms with Gasteiger partial charge in [-0.2, -0.15) is 0 Å². The van der Waals surface area contributed by atoms with Crippen LogP contribution in [0.25, 0.3) is 0 Å². The number of rotatable bonds is 5. The average Bonchev–Trinajstić information content (AvgIpc) is 2.99. The van der Waals surface area contributed by atoms with E-state index in [1.807, 2.05) is 13.3 Å². The van der Waals surface area contributed by atoms with Crippen molar-refractivity contribution in [1.29, 1.82) is 0 Å². The summed E-state index contributed by atoms with van der Waals surface area (Å²) in [7, 11) is 0. The quantitative estimate of drug-likeness (QED) is 0.815. The van der Waals surface area contributed by atoms with Crippen LogP contribution in [0.2, 0.25) is 0 Å². The number of carbonyl (C=O) groups is 1. The van der Waals surface area contributed by atoms with Gasteiger partial charge in [0.15, 0.2) is 0 Å². The van der Waals surface area contributed by atoms with Gasteiger partial charge in [-0.25, -0.2) is 0 Å². The van der Waals surface area contributed by atoms with Crippen LogP contribution in [0.3, 0.4) is 0 Å². The molecular weight excluding hydrogens is 240 g/mol. The lowest BCUT2D eigenvalue weighted by Gasteiger charge is -2.24. The molecule has 0 N–H and O–H groups in total. The molecule has 1 saturated carbocycles. The minimum atomic E-state index is 0.297. The molecule has 0 radical (unpaired) electrons. The van der Waals surface area contributed by atoms with Crippen LogP contribution in [0.15, 0.2) is 6.33 Å². The molecule has 2 heterocycles. The molecule has 1 amide bonds. The van der Waals surface area contributed by atoms with Gasteiger partial charge in [0, 0.05) is 31.5 Å². The lowest BCUT2D eigenvalue weighted by molar-refractivity contribution is -0.131. The molecular formula is C14H22N4O. The Balaban J connectivity index is 1.59. The summed E-state index contributed by atoms with van der Waals surface area (Å²) in [5.74, 6) is 1.39. The number of carbonyl (C=O) groups excluding carboxylic acids is 1. The van der Waals surface area contributed by atoms with E-state index in [1.165, 1.54) is 12.8 Å². The van der Waals surface area contributed by atoms with Gasteiger partial charge in [-0.1, -0.05) is 6.92 Å². The first-order valence-corrected chi connectivity index (χ1v) is 7.47. The highest BCUT2D eigenvalue weighted by molar-refractivity contribution is 5.76. The zero-order valence-electron chi connectivity index (χ0n) is 11.6. The fraction of sp³-hybridized carbons (Fsp3) is 0.786. The van der Waals surface area contributed by atoms with Gasteiger partial charge in [-0.05, 0) is 32.1 Å². The third-order valence-corrected chi connectivity index (χ3v) is 4.29. The summed E-state index contributed by atoms with van der Waals surface area (Å²) in [6.45, 7) is 2.88. The summed E-state index contributed by atoms with van der Waals surface area (Å²) in [6.07, 6.45) is 9.25. The summed E-state index contributed by atoms with van der Waals surface area (Å²) >= 11 is 0. The van der Waals surface area contributed by atoms with Gasteiger partial charge in [0.2, 0.25) is 5.91 Å². The molecule has 5 heteroatoms. The maximum absolute atomic E-state index is 11.9. The molecule has 104 valence electrons. The van der Waals surface area contributed by atoms with E-state index in [0.29, 0.717) is 24.4 Å². The van der Waals surface area contributed by atoms with Crippen LogP contribution in [-0.2, 0) is 11.2 Å². The Hall–Kier alpha value is -1.39. The van der Waals surface area contributed by atoms with Gasteiger partial charge in [0.1, 0.15) is 12.2 Å². The van der Waals surface area contributed by atoms with Crippen molar-refractivity contribution in [1.82, 2.24) is 19.7 Å². The van der Waals surface area contributed by atoms with E-state index in [1.54, 1.807) is 0 Å². The van der Waals surface area contributed by atoms with Crippen LogP contribution in [0.1, 0.15) is 57.3 Å². The van der Waals surface area contributed by atoms with Crippen LogP contribution in [0.5, 0.6) is 0 Å². The highest BCUT2D eigenvalue weighted by Gasteiger charge is 2.29. The molecule has 1 saturated heterocycles. The predicted molar refractivity (Wildman–Crippen MR) is 71.6 cm³/mol. The average molecular weight is 262 g/mol. The maximum Gasteiger partial charge on any atom is 0.222 e. The monoisotopic (exact) mass is 262 g/mol. The molecule has 19 heavy (non-hydrogen) atoms. The van der Waals surface area contributed by atoms with E-state index >= 15 is 0 Å². The Bertz CT molecular complexity index is 452. The lowest BCUT2D eigenvalue weighted by atomic mass is 10.1. The van der Waals surface area contributed by atoms with E-state index in [9.17, 15) is 4.79 Å². The van der Waals surface area contributed by atoms with E-state index in [0.717, 1.165) is 38.1 Å². The number of nitrogens with zero attached hydrogens (tertiary/aromatic N) is 4. The molecule has 0 aromatic carbocycles. The Kier molecular flexibility index (Phi) is 3.53. The summed E-state index contributed by atoms with van der Waals surface area (Å²) in [4.78, 5) is 13.9. The second-order valence-corrected chi connectivity index (χ2v) is 5.66. The van der Waals surface area contributed by atoms with Crippen molar-refractivity contribution >= 4 is 5.91 Å². The number of aromatic nitrogens is 3. The van der Waals surface area contributed by atoms with Gasteiger partial charge in [-0.15, -0.1) is 10.2 Å². The molecule has 5 nitrogen and oxygen atoms in total. The third-order valence-electron chi connectivity index (χ3n) is 4.29. The Labute approximate surface area is 114 Å². The summed E-state index contributed by atoms with van der Waals surface area (Å²) in [6, 6.07) is 1.05. The van der Waals surface area contributed by atoms with E-state index in [2.05, 4.69) is 19.7 Å². The van der Waals surface area contributed by atoms with Crippen LogP contribution in [0, 0.1) is 0 Å². The van der Waals surface area contributed by atoms with Crippen molar-refractivity contribution in [3.05, 3.63) is 12.2 Å². The zero-order valence-corrected chi connectivity index (χ0v) is 11.6. The fourth-order valence-corrected chi connectivity index (χ4v) is 3.07. The third kappa shape index (κ3) is 2.65. The molecule has 0 spiro atoms. The van der Waals surface area contributed by atoms with Crippen LogP contribution < -0.4 is 0 Å². The minimum Gasteiger partial charge on any atom is -0.340 e. The lowest BCUT2D eigenvalue weighted by Crippen LogP contribution is -2.35. The molecule has 0 bridgehead atoms. The van der Waals surface area contributed by atoms with E-state index in [-0.39, 0.29) is 0 Å². The maximum atomic E-state index is 11.9. The molecule has 1 aromatic rings. The fourth-order valence-electron chi connectivity index (χ4n) is 3.07. The van der Waals surface area contributed by atoms with Crippen molar-refractivity contribution in [3.63, 3.8) is 0 Å². The molecule has 1 aromatic heterocycles. The summed E-state index contributed by atoms with van der Waals surface area (Å²) < 4.78 is 2.22. The predicted octanol–water partition coefficient (Wildman–Crippen LogP) is 1.95. The standard InChI is InChI=1S/C14H22N4O/c1-2-14(19)17-9-3-4-11(17)7-8-13-16-15-10-18(13)12-5-6-12/h10-12H,2-9H2,1H3. The second kappa shape index (κ2) is 5.31. The van der Waals surface area contributed by atoms with Crippen molar-refractivity contribution in [3.8, 4) is 0 Å². The van der Waals surface area contributed by atoms with Gasteiger partial charge < -0.3 is 9.47 Å². The molecule has 1 aliphatic heterocycles. The Morgan fingerprint density at radius 1 is 1.42 bits per heavy atom. The van der Waals surface area contributed by atoms with Crippen LogP contribution in [0.4, 0.5) is 0 Å².